The first-order chi connectivity index (χ1) is 9.24. The van der Waals surface area contributed by atoms with Crippen molar-refractivity contribution in [1.29, 1.82) is 0 Å². The van der Waals surface area contributed by atoms with Gasteiger partial charge in [-0.05, 0) is 37.0 Å². The summed E-state index contributed by atoms with van der Waals surface area (Å²) in [6.45, 7) is 2.13. The van der Waals surface area contributed by atoms with Crippen LogP contribution in [-0.2, 0) is 12.8 Å². The maximum absolute atomic E-state index is 6.06. The molecule has 0 atom stereocenters. The molecule has 1 aliphatic rings. The molecule has 3 rings (SSSR count). The van der Waals surface area contributed by atoms with E-state index in [-0.39, 0.29) is 0 Å². The maximum Gasteiger partial charge on any atom is 0.133 e. The number of rotatable bonds is 4. The Morgan fingerprint density at radius 2 is 2.05 bits per heavy atom. The minimum atomic E-state index is 0.521. The Kier molecular flexibility index (Phi) is 3.47. The minimum Gasteiger partial charge on any atom is -0.261 e. The largest absolute Gasteiger partial charge is 0.261 e. The van der Waals surface area contributed by atoms with E-state index in [2.05, 4.69) is 34.0 Å². The average Bonchev–Trinajstić information content (AvgIpc) is 3.23. The molecular weight excluding hydrogens is 258 g/mol. The van der Waals surface area contributed by atoms with Crippen molar-refractivity contribution in [3.63, 3.8) is 0 Å². The van der Waals surface area contributed by atoms with Gasteiger partial charge < -0.3 is 0 Å². The van der Waals surface area contributed by atoms with Crippen LogP contribution in [0.5, 0.6) is 0 Å². The smallest absolute Gasteiger partial charge is 0.133 e. The number of halogens is 1. The van der Waals surface area contributed by atoms with E-state index in [1.54, 1.807) is 0 Å². The number of hydrogen-bond acceptors (Lipinski definition) is 3. The lowest BCUT2D eigenvalue weighted by atomic mass is 10.1. The molecule has 0 saturated heterocycles. The van der Waals surface area contributed by atoms with Gasteiger partial charge in [-0.1, -0.05) is 24.6 Å². The second-order valence-electron chi connectivity index (χ2n) is 5.00. The molecule has 0 amide bonds. The molecule has 0 aromatic carbocycles. The van der Waals surface area contributed by atoms with Crippen molar-refractivity contribution in [3.05, 3.63) is 52.3 Å². The van der Waals surface area contributed by atoms with Gasteiger partial charge in [0, 0.05) is 24.2 Å². The van der Waals surface area contributed by atoms with Crippen LogP contribution in [0.2, 0.25) is 5.15 Å². The summed E-state index contributed by atoms with van der Waals surface area (Å²) < 4.78 is 0. The van der Waals surface area contributed by atoms with Crippen LogP contribution >= 0.6 is 11.6 Å². The molecular formula is C15H16ClN3. The first-order valence-corrected chi connectivity index (χ1v) is 7.09. The lowest BCUT2D eigenvalue weighted by Crippen LogP contribution is -2.01. The monoisotopic (exact) mass is 273 g/mol. The zero-order valence-corrected chi connectivity index (χ0v) is 11.7. The Labute approximate surface area is 118 Å². The van der Waals surface area contributed by atoms with Crippen molar-refractivity contribution < 1.29 is 0 Å². The van der Waals surface area contributed by atoms with E-state index in [0.29, 0.717) is 17.5 Å². The predicted octanol–water partition coefficient (Wildman–Crippen LogP) is 3.56. The van der Waals surface area contributed by atoms with Crippen LogP contribution in [0.3, 0.4) is 0 Å². The first-order valence-electron chi connectivity index (χ1n) is 6.71. The van der Waals surface area contributed by atoms with Crippen LogP contribution in [0.25, 0.3) is 0 Å². The maximum atomic E-state index is 6.06. The second-order valence-corrected chi connectivity index (χ2v) is 5.39. The van der Waals surface area contributed by atoms with E-state index >= 15 is 0 Å². The number of nitrogens with zero attached hydrogens (tertiary/aromatic N) is 3. The van der Waals surface area contributed by atoms with Gasteiger partial charge in [0.1, 0.15) is 11.0 Å². The van der Waals surface area contributed by atoms with Crippen LogP contribution in [0.15, 0.2) is 24.4 Å². The molecule has 1 aliphatic carbocycles. The van der Waals surface area contributed by atoms with Gasteiger partial charge in [0.25, 0.3) is 0 Å². The molecule has 0 radical (unpaired) electrons. The fourth-order valence-corrected chi connectivity index (χ4v) is 2.27. The second kappa shape index (κ2) is 5.25. The van der Waals surface area contributed by atoms with Crippen molar-refractivity contribution in [2.75, 3.05) is 0 Å². The topological polar surface area (TPSA) is 38.7 Å². The molecule has 19 heavy (non-hydrogen) atoms. The van der Waals surface area contributed by atoms with Crippen LogP contribution in [0.1, 0.15) is 48.5 Å². The molecule has 1 saturated carbocycles. The summed E-state index contributed by atoms with van der Waals surface area (Å²) in [6, 6.07) is 6.02. The summed E-state index contributed by atoms with van der Waals surface area (Å²) >= 11 is 6.06. The Morgan fingerprint density at radius 3 is 2.68 bits per heavy atom. The van der Waals surface area contributed by atoms with Gasteiger partial charge in [-0.3, -0.25) is 4.98 Å². The fraction of sp³-hybridized carbons (Fsp3) is 0.400. The molecule has 4 heteroatoms. The number of hydrogen-bond donors (Lipinski definition) is 0. The summed E-state index contributed by atoms with van der Waals surface area (Å²) in [5, 5.41) is 0.539. The third-order valence-corrected chi connectivity index (χ3v) is 3.56. The summed E-state index contributed by atoms with van der Waals surface area (Å²) in [5.74, 6) is 1.42. The summed E-state index contributed by atoms with van der Waals surface area (Å²) in [6.07, 6.45) is 6.02. The van der Waals surface area contributed by atoms with Crippen molar-refractivity contribution in [2.24, 2.45) is 0 Å². The standard InChI is InChI=1S/C15H16ClN3/c1-2-10-3-6-12(17-9-10)7-13-8-14(16)19-15(18-13)11-4-5-11/h3,6,8-9,11H,2,4-5,7H2,1H3. The first kappa shape index (κ1) is 12.5. The Bertz CT molecular complexity index is 576. The SMILES string of the molecule is CCc1ccc(Cc2cc(Cl)nc(C3CC3)n2)nc1. The molecule has 0 spiro atoms. The molecule has 0 N–H and O–H groups in total. The van der Waals surface area contributed by atoms with E-state index < -0.39 is 0 Å². The van der Waals surface area contributed by atoms with E-state index in [1.807, 2.05) is 12.3 Å². The number of aromatic nitrogens is 3. The minimum absolute atomic E-state index is 0.521. The van der Waals surface area contributed by atoms with Gasteiger partial charge in [-0.2, -0.15) is 0 Å². The van der Waals surface area contributed by atoms with E-state index in [1.165, 1.54) is 18.4 Å². The highest BCUT2D eigenvalue weighted by molar-refractivity contribution is 6.29. The Balaban J connectivity index is 1.81. The lowest BCUT2D eigenvalue weighted by molar-refractivity contribution is 0.878. The zero-order chi connectivity index (χ0) is 13.2. The van der Waals surface area contributed by atoms with Crippen molar-refractivity contribution in [1.82, 2.24) is 15.0 Å². The zero-order valence-electron chi connectivity index (χ0n) is 10.9. The fourth-order valence-electron chi connectivity index (χ4n) is 2.05. The molecule has 2 aromatic rings. The van der Waals surface area contributed by atoms with Crippen molar-refractivity contribution in [2.45, 2.75) is 38.5 Å². The Morgan fingerprint density at radius 1 is 1.21 bits per heavy atom. The molecule has 0 aliphatic heterocycles. The highest BCUT2D eigenvalue weighted by Gasteiger charge is 2.27. The molecule has 3 nitrogen and oxygen atoms in total. The van der Waals surface area contributed by atoms with Crippen LogP contribution in [0, 0.1) is 0 Å². The van der Waals surface area contributed by atoms with Crippen LogP contribution in [0.4, 0.5) is 0 Å². The van der Waals surface area contributed by atoms with Gasteiger partial charge in [-0.15, -0.1) is 0 Å². The molecule has 0 bridgehead atoms. The molecule has 98 valence electrons. The quantitative estimate of drug-likeness (QED) is 0.800. The van der Waals surface area contributed by atoms with Gasteiger partial charge in [0.2, 0.25) is 0 Å². The molecule has 1 fully saturated rings. The van der Waals surface area contributed by atoms with Gasteiger partial charge in [0.15, 0.2) is 0 Å². The number of pyridine rings is 1. The number of aryl methyl sites for hydroxylation is 1. The highest BCUT2D eigenvalue weighted by atomic mass is 35.5. The molecule has 2 aromatic heterocycles. The van der Waals surface area contributed by atoms with E-state index in [0.717, 1.165) is 23.6 Å². The van der Waals surface area contributed by atoms with Gasteiger partial charge >= 0.3 is 0 Å². The molecule has 2 heterocycles. The summed E-state index contributed by atoms with van der Waals surface area (Å²) in [4.78, 5) is 13.4. The highest BCUT2D eigenvalue weighted by Crippen LogP contribution is 2.38. The normalized spacial score (nSPS) is 14.6. The van der Waals surface area contributed by atoms with Crippen LogP contribution < -0.4 is 0 Å². The lowest BCUT2D eigenvalue weighted by Gasteiger charge is -2.05. The van der Waals surface area contributed by atoms with Crippen molar-refractivity contribution >= 4 is 11.6 Å². The summed E-state index contributed by atoms with van der Waals surface area (Å²) in [5.41, 5.74) is 3.23. The average molecular weight is 274 g/mol. The molecule has 0 unspecified atom stereocenters. The third-order valence-electron chi connectivity index (χ3n) is 3.36. The third kappa shape index (κ3) is 3.10. The predicted molar refractivity (Wildman–Crippen MR) is 75.4 cm³/mol. The van der Waals surface area contributed by atoms with Crippen LogP contribution in [-0.4, -0.2) is 15.0 Å². The van der Waals surface area contributed by atoms with E-state index in [4.69, 9.17) is 11.6 Å². The summed E-state index contributed by atoms with van der Waals surface area (Å²) in [7, 11) is 0. The van der Waals surface area contributed by atoms with Crippen molar-refractivity contribution in [3.8, 4) is 0 Å². The Hall–Kier alpha value is -1.48. The van der Waals surface area contributed by atoms with E-state index in [9.17, 15) is 0 Å². The van der Waals surface area contributed by atoms with Gasteiger partial charge in [-0.25, -0.2) is 9.97 Å². The van der Waals surface area contributed by atoms with Gasteiger partial charge in [0.05, 0.1) is 5.69 Å².